The van der Waals surface area contributed by atoms with Gasteiger partial charge in [0.1, 0.15) is 0 Å². The molecule has 5 heteroatoms. The van der Waals surface area contributed by atoms with E-state index in [1.54, 1.807) is 12.4 Å². The molecule has 248 valence electrons. The topological polar surface area (TPSA) is 51.6 Å². The van der Waals surface area contributed by atoms with Gasteiger partial charge >= 0.3 is 315 Å². The summed E-state index contributed by atoms with van der Waals surface area (Å²) in [5, 5.41) is 17.6. The molecule has 10 aromatic rings. The van der Waals surface area contributed by atoms with Gasteiger partial charge in [0.05, 0.1) is 0 Å². The van der Waals surface area contributed by atoms with Gasteiger partial charge in [-0.25, -0.2) is 0 Å². The van der Waals surface area contributed by atoms with Crippen LogP contribution in [0.2, 0.25) is 0 Å². The van der Waals surface area contributed by atoms with Gasteiger partial charge in [0.15, 0.2) is 0 Å². The van der Waals surface area contributed by atoms with Crippen LogP contribution in [0.3, 0.4) is 0 Å². The Kier molecular flexibility index (Phi) is 6.95. The summed E-state index contributed by atoms with van der Waals surface area (Å²) in [5.74, 6) is 0. The summed E-state index contributed by atoms with van der Waals surface area (Å²) in [6, 6.07) is 59.4. The first-order chi connectivity index (χ1) is 26.3. The second kappa shape index (κ2) is 12.1. The van der Waals surface area contributed by atoms with Crippen molar-refractivity contribution in [3.63, 3.8) is 0 Å². The average Bonchev–Trinajstić information content (AvgIpc) is 3.54. The zero-order valence-electron chi connectivity index (χ0n) is 28.4. The van der Waals surface area contributed by atoms with Crippen molar-refractivity contribution in [1.82, 2.24) is 20.2 Å². The second-order valence-electron chi connectivity index (χ2n) is 13.4. The SMILES string of the molecule is c1ccc(-c2ccc(-c3nnc(I4c5ccc(-c6ccc7c(ccc8ccccc87)c6)cc5-c5cc6ccccc6cc54)c4nccnc34)cc2)cc1. The number of hydrogen-bond acceptors (Lipinski definition) is 4. The van der Waals surface area contributed by atoms with Gasteiger partial charge < -0.3 is 0 Å². The van der Waals surface area contributed by atoms with E-state index in [1.165, 1.54) is 67.3 Å². The second-order valence-corrected chi connectivity index (χ2v) is 18.4. The van der Waals surface area contributed by atoms with Gasteiger partial charge in [0.2, 0.25) is 0 Å². The van der Waals surface area contributed by atoms with Crippen LogP contribution in [-0.4, -0.2) is 20.2 Å². The van der Waals surface area contributed by atoms with Crippen LogP contribution >= 0.6 is 19.8 Å². The summed E-state index contributed by atoms with van der Waals surface area (Å²) >= 11 is -2.37. The van der Waals surface area contributed by atoms with Crippen molar-refractivity contribution in [2.75, 3.05) is 0 Å². The standard InChI is InChI=1S/C48H29IN4/c1-2-8-30(9-3-1)31-14-17-33(18-15-31)45-46-47(51-25-24-50-46)48(53-52-45)49-43-23-21-37(28-41(43)42-27-34-11-4-5-12-35(34)29-44(42)49)36-20-22-40-38(26-36)19-16-32-10-6-7-13-39(32)40/h1-29H. The third-order valence-corrected chi connectivity index (χ3v) is 16.3. The summed E-state index contributed by atoms with van der Waals surface area (Å²) in [7, 11) is 0. The molecule has 0 aliphatic carbocycles. The van der Waals surface area contributed by atoms with Crippen molar-refractivity contribution >= 4 is 63.2 Å². The van der Waals surface area contributed by atoms with Gasteiger partial charge in [-0.2, -0.15) is 0 Å². The van der Waals surface area contributed by atoms with E-state index in [2.05, 4.69) is 158 Å². The van der Waals surface area contributed by atoms with Gasteiger partial charge in [0, 0.05) is 0 Å². The zero-order valence-corrected chi connectivity index (χ0v) is 30.6. The predicted molar refractivity (Wildman–Crippen MR) is 226 cm³/mol. The van der Waals surface area contributed by atoms with Crippen molar-refractivity contribution < 1.29 is 0 Å². The molecule has 0 amide bonds. The molecule has 0 N–H and O–H groups in total. The molecule has 4 nitrogen and oxygen atoms in total. The van der Waals surface area contributed by atoms with Crippen LogP contribution in [0.4, 0.5) is 0 Å². The summed E-state index contributed by atoms with van der Waals surface area (Å²) in [6.07, 6.45) is 3.55. The molecule has 0 spiro atoms. The Morgan fingerprint density at radius 2 is 0.962 bits per heavy atom. The first-order valence-corrected chi connectivity index (χ1v) is 20.9. The van der Waals surface area contributed by atoms with Crippen LogP contribution in [0.15, 0.2) is 176 Å². The minimum absolute atomic E-state index is 0.755. The molecule has 1 aliphatic rings. The van der Waals surface area contributed by atoms with E-state index in [-0.39, 0.29) is 0 Å². The molecule has 0 saturated heterocycles. The Hall–Kier alpha value is -6.31. The average molecular weight is 789 g/mol. The van der Waals surface area contributed by atoms with E-state index >= 15 is 0 Å². The summed E-state index contributed by atoms with van der Waals surface area (Å²) < 4.78 is 3.70. The maximum atomic E-state index is 5.08. The predicted octanol–water partition coefficient (Wildman–Crippen LogP) is 12.3. The number of rotatable bonds is 4. The Morgan fingerprint density at radius 1 is 0.358 bits per heavy atom. The van der Waals surface area contributed by atoms with Crippen molar-refractivity contribution in [2.45, 2.75) is 0 Å². The molecule has 2 aromatic heterocycles. The zero-order chi connectivity index (χ0) is 34.9. The van der Waals surface area contributed by atoms with E-state index in [9.17, 15) is 0 Å². The molecule has 0 fully saturated rings. The van der Waals surface area contributed by atoms with E-state index < -0.39 is 19.8 Å². The molecule has 0 saturated carbocycles. The van der Waals surface area contributed by atoms with Gasteiger partial charge in [-0.3, -0.25) is 0 Å². The van der Waals surface area contributed by atoms with Crippen LogP contribution in [0, 0.1) is 10.8 Å². The molecule has 0 bridgehead atoms. The number of fused-ring (bicyclic) bond motifs is 8. The van der Waals surface area contributed by atoms with Crippen LogP contribution in [0.1, 0.15) is 0 Å². The third kappa shape index (κ3) is 4.95. The monoisotopic (exact) mass is 788 g/mol. The van der Waals surface area contributed by atoms with Crippen molar-refractivity contribution in [2.24, 2.45) is 0 Å². The van der Waals surface area contributed by atoms with Crippen LogP contribution in [0.5, 0.6) is 0 Å². The summed E-state index contributed by atoms with van der Waals surface area (Å²) in [5.41, 5.74) is 10.7. The van der Waals surface area contributed by atoms with E-state index in [1.807, 2.05) is 6.07 Å². The summed E-state index contributed by atoms with van der Waals surface area (Å²) in [4.78, 5) is 9.86. The normalized spacial score (nSPS) is 12.8. The van der Waals surface area contributed by atoms with Gasteiger partial charge in [0.25, 0.3) is 0 Å². The Balaban J connectivity index is 1.06. The number of hydrogen-bond donors (Lipinski definition) is 0. The van der Waals surface area contributed by atoms with Gasteiger partial charge in [-0.05, 0) is 0 Å². The Labute approximate surface area is 313 Å². The van der Waals surface area contributed by atoms with Crippen LogP contribution < -0.4 is 0 Å². The fourth-order valence-electron chi connectivity index (χ4n) is 7.77. The Bertz CT molecular complexity index is 3070. The fourth-order valence-corrected chi connectivity index (χ4v) is 14.0. The van der Waals surface area contributed by atoms with Crippen molar-refractivity contribution in [1.29, 1.82) is 0 Å². The maximum absolute atomic E-state index is 5.08. The Morgan fingerprint density at radius 3 is 1.81 bits per heavy atom. The van der Waals surface area contributed by atoms with Crippen LogP contribution in [0.25, 0.3) is 88.0 Å². The van der Waals surface area contributed by atoms with Gasteiger partial charge in [-0.1, -0.05) is 0 Å². The number of benzene rings is 8. The number of aromatic nitrogens is 4. The molecular weight excluding hydrogens is 759 g/mol. The molecule has 8 aromatic carbocycles. The molecule has 53 heavy (non-hydrogen) atoms. The first kappa shape index (κ1) is 30.3. The molecule has 0 radical (unpaired) electrons. The van der Waals surface area contributed by atoms with Crippen molar-refractivity contribution in [3.8, 4) is 44.6 Å². The van der Waals surface area contributed by atoms with E-state index in [4.69, 9.17) is 20.2 Å². The first-order valence-electron chi connectivity index (χ1n) is 17.7. The molecule has 1 aliphatic heterocycles. The number of halogens is 1. The minimum atomic E-state index is -2.37. The van der Waals surface area contributed by atoms with Crippen LogP contribution in [-0.2, 0) is 0 Å². The van der Waals surface area contributed by atoms with Gasteiger partial charge in [-0.15, -0.1) is 0 Å². The molecule has 0 unspecified atom stereocenters. The van der Waals surface area contributed by atoms with E-state index in [0.717, 1.165) is 31.6 Å². The summed E-state index contributed by atoms with van der Waals surface area (Å²) in [6.45, 7) is 0. The molecule has 0 atom stereocenters. The quantitative estimate of drug-likeness (QED) is 0.132. The number of nitrogens with zero attached hydrogens (tertiary/aromatic N) is 4. The fraction of sp³-hybridized carbons (Fsp3) is 0. The van der Waals surface area contributed by atoms with Crippen molar-refractivity contribution in [3.05, 3.63) is 187 Å². The molecule has 11 rings (SSSR count). The molecule has 3 heterocycles. The third-order valence-electron chi connectivity index (χ3n) is 10.4. The molecular formula is C48H29IN4. The van der Waals surface area contributed by atoms with E-state index in [0.29, 0.717) is 0 Å².